The molecule has 3 N–H and O–H groups in total. The molecule has 0 spiro atoms. The molecule has 0 rings (SSSR count). The number of amides is 1. The van der Waals surface area contributed by atoms with Crippen LogP contribution >= 0.6 is 0 Å². The maximum atomic E-state index is 11.2. The highest BCUT2D eigenvalue weighted by Crippen LogP contribution is 2.18. The Morgan fingerprint density at radius 3 is 2.57 bits per heavy atom. The number of rotatable bonds is 6. The van der Waals surface area contributed by atoms with E-state index in [-0.39, 0.29) is 11.3 Å². The zero-order valence-corrected chi connectivity index (χ0v) is 9.59. The Morgan fingerprint density at radius 1 is 1.57 bits per heavy atom. The first kappa shape index (κ1) is 13.4. The second-order valence-electron chi connectivity index (χ2n) is 4.41. The molecule has 0 aromatic heterocycles. The van der Waals surface area contributed by atoms with Gasteiger partial charge in [0.25, 0.3) is 0 Å². The highest BCUT2D eigenvalue weighted by atomic mass is 16.5. The third-order valence-electron chi connectivity index (χ3n) is 2.14. The van der Waals surface area contributed by atoms with Gasteiger partial charge in [-0.15, -0.1) is 0 Å². The van der Waals surface area contributed by atoms with Crippen molar-refractivity contribution in [1.82, 2.24) is 5.32 Å². The Hall–Kier alpha value is -0.610. The van der Waals surface area contributed by atoms with Gasteiger partial charge in [-0.1, -0.05) is 13.8 Å². The molecule has 0 aliphatic heterocycles. The van der Waals surface area contributed by atoms with E-state index in [2.05, 4.69) is 19.2 Å². The van der Waals surface area contributed by atoms with Crippen molar-refractivity contribution in [3.8, 4) is 0 Å². The number of nitrogens with two attached hydrogens (primary N) is 1. The highest BCUT2D eigenvalue weighted by molar-refractivity contribution is 5.80. The molecule has 0 aliphatic rings. The summed E-state index contributed by atoms with van der Waals surface area (Å²) in [5.74, 6) is -0.101. The van der Waals surface area contributed by atoms with Crippen LogP contribution < -0.4 is 11.1 Å². The SMILES string of the molecule is COCCC(C)(C)CNC(=O)[C@@H](C)N. The van der Waals surface area contributed by atoms with Crippen LogP contribution in [0.5, 0.6) is 0 Å². The van der Waals surface area contributed by atoms with Crippen LogP contribution in [0.3, 0.4) is 0 Å². The number of carbonyl (C=O) groups is 1. The number of nitrogens with one attached hydrogen (secondary N) is 1. The summed E-state index contributed by atoms with van der Waals surface area (Å²) in [4.78, 5) is 11.2. The summed E-state index contributed by atoms with van der Waals surface area (Å²) in [7, 11) is 1.68. The van der Waals surface area contributed by atoms with Crippen LogP contribution in [0.1, 0.15) is 27.2 Å². The maximum Gasteiger partial charge on any atom is 0.236 e. The Morgan fingerprint density at radius 2 is 2.14 bits per heavy atom. The summed E-state index contributed by atoms with van der Waals surface area (Å²) in [5, 5.41) is 2.81. The first-order valence-electron chi connectivity index (χ1n) is 4.91. The summed E-state index contributed by atoms with van der Waals surface area (Å²) in [6.45, 7) is 7.20. The van der Waals surface area contributed by atoms with E-state index in [0.717, 1.165) is 6.42 Å². The summed E-state index contributed by atoms with van der Waals surface area (Å²) in [6, 6.07) is -0.437. The van der Waals surface area contributed by atoms with E-state index in [1.165, 1.54) is 0 Å². The lowest BCUT2D eigenvalue weighted by molar-refractivity contribution is -0.122. The van der Waals surface area contributed by atoms with E-state index in [1.54, 1.807) is 14.0 Å². The van der Waals surface area contributed by atoms with Gasteiger partial charge in [-0.2, -0.15) is 0 Å². The van der Waals surface area contributed by atoms with Gasteiger partial charge in [-0.25, -0.2) is 0 Å². The predicted molar refractivity (Wildman–Crippen MR) is 56.9 cm³/mol. The van der Waals surface area contributed by atoms with Gasteiger partial charge >= 0.3 is 0 Å². The molecule has 1 atom stereocenters. The van der Waals surface area contributed by atoms with Crippen LogP contribution in [0.15, 0.2) is 0 Å². The largest absolute Gasteiger partial charge is 0.385 e. The third-order valence-corrected chi connectivity index (χ3v) is 2.14. The van der Waals surface area contributed by atoms with Crippen molar-refractivity contribution in [2.75, 3.05) is 20.3 Å². The Balaban J connectivity index is 3.80. The van der Waals surface area contributed by atoms with Gasteiger partial charge < -0.3 is 15.8 Å². The van der Waals surface area contributed by atoms with Crippen LogP contribution in [-0.2, 0) is 9.53 Å². The molecule has 4 nitrogen and oxygen atoms in total. The molecule has 4 heteroatoms. The topological polar surface area (TPSA) is 64.3 Å². The van der Waals surface area contributed by atoms with E-state index < -0.39 is 6.04 Å². The van der Waals surface area contributed by atoms with Crippen LogP contribution in [-0.4, -0.2) is 32.2 Å². The molecule has 0 bridgehead atoms. The molecule has 0 saturated heterocycles. The quantitative estimate of drug-likeness (QED) is 0.659. The van der Waals surface area contributed by atoms with Crippen molar-refractivity contribution in [3.05, 3.63) is 0 Å². The molecule has 0 aliphatic carbocycles. The molecule has 0 saturated carbocycles. The molecule has 0 fully saturated rings. The van der Waals surface area contributed by atoms with Gasteiger partial charge in [-0.05, 0) is 18.8 Å². The van der Waals surface area contributed by atoms with Crippen molar-refractivity contribution in [1.29, 1.82) is 0 Å². The van der Waals surface area contributed by atoms with Crippen LogP contribution in [0, 0.1) is 5.41 Å². The van der Waals surface area contributed by atoms with Crippen LogP contribution in [0.25, 0.3) is 0 Å². The average Bonchev–Trinajstić information content (AvgIpc) is 2.11. The molecular formula is C10H22N2O2. The van der Waals surface area contributed by atoms with Crippen LogP contribution in [0.4, 0.5) is 0 Å². The zero-order chi connectivity index (χ0) is 11.2. The van der Waals surface area contributed by atoms with Gasteiger partial charge in [-0.3, -0.25) is 4.79 Å². The fraction of sp³-hybridized carbons (Fsp3) is 0.900. The van der Waals surface area contributed by atoms with Gasteiger partial charge in [0.15, 0.2) is 0 Å². The number of ether oxygens (including phenoxy) is 1. The minimum absolute atomic E-state index is 0.0561. The lowest BCUT2D eigenvalue weighted by Gasteiger charge is -2.24. The molecule has 0 aromatic carbocycles. The first-order valence-corrected chi connectivity index (χ1v) is 4.91. The fourth-order valence-electron chi connectivity index (χ4n) is 0.954. The lowest BCUT2D eigenvalue weighted by atomic mass is 9.89. The lowest BCUT2D eigenvalue weighted by Crippen LogP contribution is -2.42. The van der Waals surface area contributed by atoms with Gasteiger partial charge in [0.05, 0.1) is 6.04 Å². The minimum atomic E-state index is -0.437. The number of hydrogen-bond donors (Lipinski definition) is 2. The van der Waals surface area contributed by atoms with Crippen molar-refractivity contribution in [2.24, 2.45) is 11.1 Å². The Bertz CT molecular complexity index is 179. The maximum absolute atomic E-state index is 11.2. The Labute approximate surface area is 86.2 Å². The third kappa shape index (κ3) is 5.94. The van der Waals surface area contributed by atoms with Gasteiger partial charge in [0, 0.05) is 20.3 Å². The van der Waals surface area contributed by atoms with Crippen molar-refractivity contribution < 1.29 is 9.53 Å². The number of carbonyl (C=O) groups excluding carboxylic acids is 1. The highest BCUT2D eigenvalue weighted by Gasteiger charge is 2.19. The molecule has 0 aromatic rings. The Kier molecular flexibility index (Phi) is 5.72. The first-order chi connectivity index (χ1) is 6.39. The second-order valence-corrected chi connectivity index (χ2v) is 4.41. The minimum Gasteiger partial charge on any atom is -0.385 e. The molecular weight excluding hydrogens is 180 g/mol. The molecule has 0 radical (unpaired) electrons. The second kappa shape index (κ2) is 5.98. The van der Waals surface area contributed by atoms with Gasteiger partial charge in [0.2, 0.25) is 5.91 Å². The van der Waals surface area contributed by atoms with Crippen molar-refractivity contribution >= 4 is 5.91 Å². The molecule has 84 valence electrons. The van der Waals surface area contributed by atoms with E-state index in [9.17, 15) is 4.79 Å². The zero-order valence-electron chi connectivity index (χ0n) is 9.59. The van der Waals surface area contributed by atoms with E-state index in [1.807, 2.05) is 0 Å². The van der Waals surface area contributed by atoms with Crippen molar-refractivity contribution in [3.63, 3.8) is 0 Å². The van der Waals surface area contributed by atoms with Gasteiger partial charge in [0.1, 0.15) is 0 Å². The smallest absolute Gasteiger partial charge is 0.236 e. The summed E-state index contributed by atoms with van der Waals surface area (Å²) < 4.78 is 4.99. The average molecular weight is 202 g/mol. The van der Waals surface area contributed by atoms with E-state index in [0.29, 0.717) is 13.2 Å². The molecule has 0 heterocycles. The summed E-state index contributed by atoms with van der Waals surface area (Å²) >= 11 is 0. The molecule has 14 heavy (non-hydrogen) atoms. The van der Waals surface area contributed by atoms with Crippen LogP contribution in [0.2, 0.25) is 0 Å². The number of hydrogen-bond acceptors (Lipinski definition) is 3. The van der Waals surface area contributed by atoms with E-state index >= 15 is 0 Å². The standard InChI is InChI=1S/C10H22N2O2/c1-8(11)9(13)12-7-10(2,3)5-6-14-4/h8H,5-7,11H2,1-4H3,(H,12,13)/t8-/m1/s1. The monoisotopic (exact) mass is 202 g/mol. The number of methoxy groups -OCH3 is 1. The normalized spacial score (nSPS) is 13.8. The summed E-state index contributed by atoms with van der Waals surface area (Å²) in [6.07, 6.45) is 0.919. The predicted octanol–water partition coefficient (Wildman–Crippen LogP) is 0.513. The molecule has 1 amide bonds. The summed E-state index contributed by atoms with van der Waals surface area (Å²) in [5.41, 5.74) is 5.48. The fourth-order valence-corrected chi connectivity index (χ4v) is 0.954. The van der Waals surface area contributed by atoms with Crippen molar-refractivity contribution in [2.45, 2.75) is 33.2 Å². The molecule has 0 unspecified atom stereocenters. The van der Waals surface area contributed by atoms with E-state index in [4.69, 9.17) is 10.5 Å².